The topological polar surface area (TPSA) is 80.0 Å². The van der Waals surface area contributed by atoms with Crippen LogP contribution in [0, 0.1) is 13.8 Å². The largest absolute Gasteiger partial charge is 0.335 e. The van der Waals surface area contributed by atoms with E-state index in [4.69, 9.17) is 4.52 Å². The zero-order valence-electron chi connectivity index (χ0n) is 16.0. The van der Waals surface area contributed by atoms with Crippen LogP contribution in [-0.4, -0.2) is 22.2 Å². The lowest BCUT2D eigenvalue weighted by atomic mass is 10.1. The smallest absolute Gasteiger partial charge is 0.319 e. The van der Waals surface area contributed by atoms with E-state index >= 15 is 0 Å². The lowest BCUT2D eigenvalue weighted by Gasteiger charge is -2.12. The first kappa shape index (κ1) is 18.6. The van der Waals surface area contributed by atoms with Crippen LogP contribution in [0.3, 0.4) is 0 Å². The Morgan fingerprint density at radius 3 is 2.56 bits per heavy atom. The molecule has 1 heterocycles. The number of nitrogens with one attached hydrogen (secondary N) is 2. The Balaban J connectivity index is 1.79. The van der Waals surface area contributed by atoms with Crippen molar-refractivity contribution in [2.45, 2.75) is 40.2 Å². The summed E-state index contributed by atoms with van der Waals surface area (Å²) in [5.74, 6) is 0.958. The maximum absolute atomic E-state index is 12.0. The van der Waals surface area contributed by atoms with Crippen LogP contribution in [-0.2, 0) is 0 Å². The van der Waals surface area contributed by atoms with Gasteiger partial charge in [0.15, 0.2) is 0 Å². The van der Waals surface area contributed by atoms with Gasteiger partial charge in [-0.2, -0.15) is 4.98 Å². The first-order valence-electron chi connectivity index (χ1n) is 9.05. The summed E-state index contributed by atoms with van der Waals surface area (Å²) in [4.78, 5) is 16.5. The number of urea groups is 1. The minimum absolute atomic E-state index is 0.116. The van der Waals surface area contributed by atoms with Gasteiger partial charge in [-0.3, -0.25) is 0 Å². The molecule has 2 amide bonds. The number of carbonyl (C=O) groups excluding carboxylic acids is 1. The Bertz CT molecular complexity index is 929. The van der Waals surface area contributed by atoms with E-state index in [0.717, 1.165) is 28.7 Å². The standard InChI is InChI=1S/C21H24N4O2/c1-5-15(4)22-21(26)23-18-8-6-7-16(12-18)19-24-20(27-25-19)17-10-13(2)9-14(3)11-17/h6-12,15H,5H2,1-4H3,(H2,22,23,26)/t15-/m0/s1. The molecular weight excluding hydrogens is 340 g/mol. The van der Waals surface area contributed by atoms with Crippen molar-refractivity contribution >= 4 is 11.7 Å². The molecule has 1 aromatic heterocycles. The first-order chi connectivity index (χ1) is 12.9. The molecule has 6 heteroatoms. The number of hydrogen-bond donors (Lipinski definition) is 2. The fourth-order valence-corrected chi connectivity index (χ4v) is 2.79. The molecule has 0 fully saturated rings. The van der Waals surface area contributed by atoms with Crippen molar-refractivity contribution in [3.05, 3.63) is 53.6 Å². The zero-order valence-corrected chi connectivity index (χ0v) is 16.0. The zero-order chi connectivity index (χ0) is 19.4. The molecule has 0 radical (unpaired) electrons. The minimum Gasteiger partial charge on any atom is -0.335 e. The fourth-order valence-electron chi connectivity index (χ4n) is 2.79. The highest BCUT2D eigenvalue weighted by molar-refractivity contribution is 5.90. The molecule has 0 unspecified atom stereocenters. The Morgan fingerprint density at radius 2 is 1.85 bits per heavy atom. The van der Waals surface area contributed by atoms with Crippen molar-refractivity contribution in [2.24, 2.45) is 0 Å². The molecule has 1 atom stereocenters. The molecule has 2 aromatic carbocycles. The number of aryl methyl sites for hydroxylation is 2. The molecule has 0 aliphatic heterocycles. The quantitative estimate of drug-likeness (QED) is 0.672. The minimum atomic E-state index is -0.231. The maximum atomic E-state index is 12.0. The summed E-state index contributed by atoms with van der Waals surface area (Å²) in [5.41, 5.74) is 4.63. The second kappa shape index (κ2) is 8.03. The van der Waals surface area contributed by atoms with Crippen LogP contribution in [0.2, 0.25) is 0 Å². The molecule has 140 valence electrons. The van der Waals surface area contributed by atoms with Gasteiger partial charge in [0, 0.05) is 22.9 Å². The van der Waals surface area contributed by atoms with Crippen molar-refractivity contribution < 1.29 is 9.32 Å². The predicted octanol–water partition coefficient (Wildman–Crippen LogP) is 4.94. The maximum Gasteiger partial charge on any atom is 0.319 e. The summed E-state index contributed by atoms with van der Waals surface area (Å²) in [6.07, 6.45) is 0.873. The van der Waals surface area contributed by atoms with Crippen molar-refractivity contribution in [1.29, 1.82) is 0 Å². The molecule has 0 aliphatic rings. The van der Waals surface area contributed by atoms with Crippen LogP contribution >= 0.6 is 0 Å². The van der Waals surface area contributed by atoms with Crippen LogP contribution in [0.1, 0.15) is 31.4 Å². The summed E-state index contributed by atoms with van der Waals surface area (Å²) >= 11 is 0. The van der Waals surface area contributed by atoms with Gasteiger partial charge in [-0.15, -0.1) is 0 Å². The lowest BCUT2D eigenvalue weighted by molar-refractivity contribution is 0.249. The summed E-state index contributed by atoms with van der Waals surface area (Å²) in [6.45, 7) is 8.06. The van der Waals surface area contributed by atoms with Gasteiger partial charge in [-0.05, 0) is 51.5 Å². The number of rotatable bonds is 5. The number of carbonyl (C=O) groups is 1. The van der Waals surface area contributed by atoms with Crippen molar-refractivity contribution in [1.82, 2.24) is 15.5 Å². The number of anilines is 1. The third-order valence-corrected chi connectivity index (χ3v) is 4.26. The van der Waals surface area contributed by atoms with E-state index in [1.807, 2.05) is 64.1 Å². The third-order valence-electron chi connectivity index (χ3n) is 4.26. The van der Waals surface area contributed by atoms with Crippen LogP contribution in [0.15, 0.2) is 47.0 Å². The van der Waals surface area contributed by atoms with Crippen molar-refractivity contribution in [3.8, 4) is 22.8 Å². The normalized spacial score (nSPS) is 11.9. The summed E-state index contributed by atoms with van der Waals surface area (Å²) in [7, 11) is 0. The SMILES string of the molecule is CC[C@H](C)NC(=O)Nc1cccc(-c2noc(-c3cc(C)cc(C)c3)n2)c1. The fraction of sp³-hybridized carbons (Fsp3) is 0.286. The van der Waals surface area contributed by atoms with Crippen LogP contribution in [0.25, 0.3) is 22.8 Å². The second-order valence-electron chi connectivity index (χ2n) is 6.79. The molecule has 0 saturated carbocycles. The average Bonchev–Trinajstić information content (AvgIpc) is 3.11. The van der Waals surface area contributed by atoms with E-state index in [1.165, 1.54) is 0 Å². The van der Waals surface area contributed by atoms with Gasteiger partial charge < -0.3 is 15.2 Å². The predicted molar refractivity (Wildman–Crippen MR) is 107 cm³/mol. The molecule has 3 aromatic rings. The van der Waals surface area contributed by atoms with Crippen LogP contribution in [0.5, 0.6) is 0 Å². The van der Waals surface area contributed by atoms with Gasteiger partial charge in [-0.25, -0.2) is 4.79 Å². The third kappa shape index (κ3) is 4.73. The summed E-state index contributed by atoms with van der Waals surface area (Å²) in [5, 5.41) is 9.80. The van der Waals surface area contributed by atoms with Gasteiger partial charge in [0.25, 0.3) is 5.89 Å². The van der Waals surface area contributed by atoms with E-state index < -0.39 is 0 Å². The highest BCUT2D eigenvalue weighted by atomic mass is 16.5. The first-order valence-corrected chi connectivity index (χ1v) is 9.05. The summed E-state index contributed by atoms with van der Waals surface area (Å²) in [6, 6.07) is 13.4. The van der Waals surface area contributed by atoms with E-state index in [1.54, 1.807) is 0 Å². The molecule has 27 heavy (non-hydrogen) atoms. The van der Waals surface area contributed by atoms with Crippen molar-refractivity contribution in [3.63, 3.8) is 0 Å². The van der Waals surface area contributed by atoms with Gasteiger partial charge in [0.05, 0.1) is 0 Å². The molecular formula is C21H24N4O2. The number of benzene rings is 2. The van der Waals surface area contributed by atoms with E-state index in [9.17, 15) is 4.79 Å². The van der Waals surface area contributed by atoms with Gasteiger partial charge in [-0.1, -0.05) is 41.4 Å². The molecule has 3 rings (SSSR count). The highest BCUT2D eigenvalue weighted by Gasteiger charge is 2.12. The van der Waals surface area contributed by atoms with E-state index in [0.29, 0.717) is 17.4 Å². The number of aromatic nitrogens is 2. The molecule has 0 aliphatic carbocycles. The van der Waals surface area contributed by atoms with E-state index in [2.05, 4.69) is 26.8 Å². The van der Waals surface area contributed by atoms with Crippen molar-refractivity contribution in [2.75, 3.05) is 5.32 Å². The average molecular weight is 364 g/mol. The Kier molecular flexibility index (Phi) is 5.54. The molecule has 0 bridgehead atoms. The molecule has 0 saturated heterocycles. The summed E-state index contributed by atoms with van der Waals surface area (Å²) < 4.78 is 5.44. The van der Waals surface area contributed by atoms with Gasteiger partial charge in [0.2, 0.25) is 5.82 Å². The lowest BCUT2D eigenvalue weighted by Crippen LogP contribution is -2.35. The second-order valence-corrected chi connectivity index (χ2v) is 6.79. The van der Waals surface area contributed by atoms with E-state index in [-0.39, 0.29) is 12.1 Å². The number of amides is 2. The Hall–Kier alpha value is -3.15. The van der Waals surface area contributed by atoms with Crippen LogP contribution < -0.4 is 10.6 Å². The molecule has 0 spiro atoms. The Morgan fingerprint density at radius 1 is 1.11 bits per heavy atom. The molecule has 2 N–H and O–H groups in total. The highest BCUT2D eigenvalue weighted by Crippen LogP contribution is 2.25. The monoisotopic (exact) mass is 364 g/mol. The van der Waals surface area contributed by atoms with Gasteiger partial charge in [0.1, 0.15) is 0 Å². The molecule has 6 nitrogen and oxygen atoms in total. The number of hydrogen-bond acceptors (Lipinski definition) is 4. The Labute approximate surface area is 159 Å². The van der Waals surface area contributed by atoms with Gasteiger partial charge >= 0.3 is 6.03 Å². The number of nitrogens with zero attached hydrogens (tertiary/aromatic N) is 2. The van der Waals surface area contributed by atoms with Crippen LogP contribution in [0.4, 0.5) is 10.5 Å².